The molecule has 0 radical (unpaired) electrons. The van der Waals surface area contributed by atoms with Gasteiger partial charge in [-0.1, -0.05) is 19.9 Å². The number of hydrogen-bond donors (Lipinski definition) is 1. The molecule has 0 saturated heterocycles. The molecule has 2 aliphatic rings. The Morgan fingerprint density at radius 1 is 1.26 bits per heavy atom. The zero-order chi connectivity index (χ0) is 19.5. The van der Waals surface area contributed by atoms with Gasteiger partial charge in [-0.05, 0) is 65.5 Å². The first kappa shape index (κ1) is 18.1. The molecule has 142 valence electrons. The van der Waals surface area contributed by atoms with E-state index in [1.807, 2.05) is 0 Å². The van der Waals surface area contributed by atoms with Crippen LogP contribution in [-0.4, -0.2) is 25.1 Å². The van der Waals surface area contributed by atoms with Crippen molar-refractivity contribution in [2.45, 2.75) is 33.1 Å². The van der Waals surface area contributed by atoms with Crippen molar-refractivity contribution < 1.29 is 19.4 Å². The third-order valence-corrected chi connectivity index (χ3v) is 7.35. The molecule has 0 unspecified atom stereocenters. The van der Waals surface area contributed by atoms with Gasteiger partial charge in [0.15, 0.2) is 17.3 Å². The highest BCUT2D eigenvalue weighted by atomic mass is 32.1. The highest BCUT2D eigenvalue weighted by molar-refractivity contribution is 7.14. The monoisotopic (exact) mass is 384 g/mol. The Balaban J connectivity index is 1.61. The zero-order valence-electron chi connectivity index (χ0n) is 16.3. The molecule has 4 nitrogen and oxygen atoms in total. The summed E-state index contributed by atoms with van der Waals surface area (Å²) in [7, 11) is 2.97. The Labute approximate surface area is 163 Å². The number of carbonyl (C=O) groups is 1. The number of rotatable bonds is 5. The third kappa shape index (κ3) is 2.67. The summed E-state index contributed by atoms with van der Waals surface area (Å²) < 4.78 is 10.3. The van der Waals surface area contributed by atoms with Crippen LogP contribution >= 0.6 is 11.3 Å². The fraction of sp³-hybridized carbons (Fsp3) is 0.409. The Kier molecular flexibility index (Phi) is 4.11. The maximum atomic E-state index is 12.9. The van der Waals surface area contributed by atoms with Crippen molar-refractivity contribution >= 4 is 23.2 Å². The standard InChI is InChI=1S/C22H24O4S/c1-11-18-13(10-14-19(18)22(14,2)3)21(27-11)15(23)7-6-12-8-16(25-4)20(24)17(9-12)26-5/h6-9,14,19,24H,10H2,1-5H3/b7-6+/t14-,19-/m1/s1. The molecule has 1 fully saturated rings. The minimum Gasteiger partial charge on any atom is -0.502 e. The molecule has 1 heterocycles. The van der Waals surface area contributed by atoms with Gasteiger partial charge in [0.05, 0.1) is 19.1 Å². The smallest absolute Gasteiger partial charge is 0.200 e. The SMILES string of the molecule is COc1cc(/C=C/C(=O)c2sc(C)c3c2C[C@@H]2[C@H]3C2(C)C)cc(OC)c1O. The first-order valence-electron chi connectivity index (χ1n) is 9.09. The number of allylic oxidation sites excluding steroid dienone is 1. The zero-order valence-corrected chi connectivity index (χ0v) is 17.1. The van der Waals surface area contributed by atoms with Gasteiger partial charge < -0.3 is 14.6 Å². The summed E-state index contributed by atoms with van der Waals surface area (Å²) in [5, 5.41) is 10.0. The van der Waals surface area contributed by atoms with Gasteiger partial charge >= 0.3 is 0 Å². The summed E-state index contributed by atoms with van der Waals surface area (Å²) in [6.07, 6.45) is 4.37. The number of ketones is 1. The summed E-state index contributed by atoms with van der Waals surface area (Å²) in [6.45, 7) is 6.79. The van der Waals surface area contributed by atoms with Crippen LogP contribution in [0.15, 0.2) is 18.2 Å². The van der Waals surface area contributed by atoms with E-state index in [2.05, 4.69) is 20.8 Å². The van der Waals surface area contributed by atoms with Crippen LogP contribution in [0.4, 0.5) is 0 Å². The molecule has 0 bridgehead atoms. The predicted octanol–water partition coefficient (Wildman–Crippen LogP) is 4.97. The van der Waals surface area contributed by atoms with Crippen LogP contribution in [0.5, 0.6) is 17.2 Å². The molecular formula is C22H24O4S. The Morgan fingerprint density at radius 2 is 1.89 bits per heavy atom. The molecule has 27 heavy (non-hydrogen) atoms. The van der Waals surface area contributed by atoms with Gasteiger partial charge in [-0.3, -0.25) is 4.79 Å². The molecule has 5 heteroatoms. The Bertz CT molecular complexity index is 942. The number of thiophene rings is 1. The van der Waals surface area contributed by atoms with Gasteiger partial charge in [0, 0.05) is 4.88 Å². The number of aromatic hydroxyl groups is 1. The third-order valence-electron chi connectivity index (χ3n) is 6.17. The predicted molar refractivity (Wildman–Crippen MR) is 107 cm³/mol. The van der Waals surface area contributed by atoms with E-state index < -0.39 is 0 Å². The van der Waals surface area contributed by atoms with Crippen molar-refractivity contribution in [1.82, 2.24) is 0 Å². The summed E-state index contributed by atoms with van der Waals surface area (Å²) >= 11 is 1.62. The van der Waals surface area contributed by atoms with Crippen LogP contribution in [0.25, 0.3) is 6.08 Å². The fourth-order valence-corrected chi connectivity index (χ4v) is 5.74. The second-order valence-corrected chi connectivity index (χ2v) is 9.19. The lowest BCUT2D eigenvalue weighted by atomic mass is 9.94. The van der Waals surface area contributed by atoms with Crippen LogP contribution < -0.4 is 9.47 Å². The highest BCUT2D eigenvalue weighted by Crippen LogP contribution is 2.71. The van der Waals surface area contributed by atoms with E-state index >= 15 is 0 Å². The summed E-state index contributed by atoms with van der Waals surface area (Å²) in [6, 6.07) is 3.37. The molecule has 1 aromatic carbocycles. The van der Waals surface area contributed by atoms with Crippen LogP contribution in [0.1, 0.15) is 51.0 Å². The van der Waals surface area contributed by atoms with E-state index in [1.54, 1.807) is 35.6 Å². The van der Waals surface area contributed by atoms with Crippen LogP contribution in [0.2, 0.25) is 0 Å². The quantitative estimate of drug-likeness (QED) is 0.584. The minimum absolute atomic E-state index is 0.0365. The molecular weight excluding hydrogens is 360 g/mol. The molecule has 0 amide bonds. The normalized spacial score (nSPS) is 21.8. The first-order chi connectivity index (χ1) is 12.8. The lowest BCUT2D eigenvalue weighted by molar-refractivity contribution is 0.105. The molecule has 2 atom stereocenters. The second kappa shape index (κ2) is 6.13. The second-order valence-electron chi connectivity index (χ2n) is 7.96. The molecule has 1 aromatic heterocycles. The van der Waals surface area contributed by atoms with Gasteiger partial charge in [-0.25, -0.2) is 0 Å². The van der Waals surface area contributed by atoms with Crippen molar-refractivity contribution in [2.75, 3.05) is 14.2 Å². The maximum absolute atomic E-state index is 12.9. The van der Waals surface area contributed by atoms with Crippen molar-refractivity contribution in [3.05, 3.63) is 44.7 Å². The van der Waals surface area contributed by atoms with Crippen molar-refractivity contribution in [3.8, 4) is 17.2 Å². The van der Waals surface area contributed by atoms with E-state index in [1.165, 1.54) is 30.2 Å². The van der Waals surface area contributed by atoms with Gasteiger partial charge in [-0.2, -0.15) is 0 Å². The minimum atomic E-state index is -0.0444. The summed E-state index contributed by atoms with van der Waals surface area (Å²) in [5.74, 6) is 1.94. The number of fused-ring (bicyclic) bond motifs is 3. The number of hydrogen-bond acceptors (Lipinski definition) is 5. The van der Waals surface area contributed by atoms with E-state index in [4.69, 9.17) is 9.47 Å². The van der Waals surface area contributed by atoms with Gasteiger partial charge in [-0.15, -0.1) is 11.3 Å². The molecule has 2 aromatic rings. The number of phenolic OH excluding ortho intramolecular Hbond substituents is 1. The van der Waals surface area contributed by atoms with Crippen LogP contribution in [-0.2, 0) is 6.42 Å². The molecule has 4 rings (SSSR count). The molecule has 0 spiro atoms. The van der Waals surface area contributed by atoms with Gasteiger partial charge in [0.25, 0.3) is 0 Å². The van der Waals surface area contributed by atoms with Crippen molar-refractivity contribution in [1.29, 1.82) is 0 Å². The van der Waals surface area contributed by atoms with Crippen molar-refractivity contribution in [3.63, 3.8) is 0 Å². The number of carbonyl (C=O) groups excluding carboxylic acids is 1. The lowest BCUT2D eigenvalue weighted by Crippen LogP contribution is -2.03. The lowest BCUT2D eigenvalue weighted by Gasteiger charge is -2.10. The highest BCUT2D eigenvalue weighted by Gasteiger charge is 2.63. The number of phenols is 1. The number of methoxy groups -OCH3 is 2. The molecule has 0 aliphatic heterocycles. The van der Waals surface area contributed by atoms with Crippen molar-refractivity contribution in [2.24, 2.45) is 11.3 Å². The number of ether oxygens (including phenoxy) is 2. The summed E-state index contributed by atoms with van der Waals surface area (Å²) in [4.78, 5) is 15.0. The topological polar surface area (TPSA) is 55.8 Å². The number of aryl methyl sites for hydroxylation is 1. The average Bonchev–Trinajstić information content (AvgIpc) is 2.97. The largest absolute Gasteiger partial charge is 0.502 e. The molecule has 1 saturated carbocycles. The van der Waals surface area contributed by atoms with E-state index in [-0.39, 0.29) is 11.5 Å². The fourth-order valence-electron chi connectivity index (χ4n) is 4.59. The first-order valence-corrected chi connectivity index (χ1v) is 9.90. The van der Waals surface area contributed by atoms with Gasteiger partial charge in [0.2, 0.25) is 5.75 Å². The van der Waals surface area contributed by atoms with E-state index in [9.17, 15) is 9.90 Å². The van der Waals surface area contributed by atoms with Crippen LogP contribution in [0.3, 0.4) is 0 Å². The van der Waals surface area contributed by atoms with E-state index in [0.717, 1.165) is 16.9 Å². The Hall–Kier alpha value is -2.27. The van der Waals surface area contributed by atoms with E-state index in [0.29, 0.717) is 28.7 Å². The maximum Gasteiger partial charge on any atom is 0.200 e. The molecule has 2 aliphatic carbocycles. The number of benzene rings is 1. The van der Waals surface area contributed by atoms with Gasteiger partial charge in [0.1, 0.15) is 0 Å². The van der Waals surface area contributed by atoms with Crippen LogP contribution in [0, 0.1) is 18.3 Å². The average molecular weight is 384 g/mol. The summed E-state index contributed by atoms with van der Waals surface area (Å²) in [5.41, 5.74) is 3.82. The molecule has 1 N–H and O–H groups in total. The Morgan fingerprint density at radius 3 is 2.48 bits per heavy atom.